The average Bonchev–Trinajstić information content (AvgIpc) is 2.28. The fourth-order valence-corrected chi connectivity index (χ4v) is 1.83. The summed E-state index contributed by atoms with van der Waals surface area (Å²) in [4.78, 5) is 10.8. The Morgan fingerprint density at radius 2 is 1.89 bits per heavy atom. The van der Waals surface area contributed by atoms with E-state index in [1.165, 1.54) is 14.1 Å². The average molecular weight is 276 g/mol. The predicted molar refractivity (Wildman–Crippen MR) is 60.7 cm³/mol. The summed E-state index contributed by atoms with van der Waals surface area (Å²) in [6.07, 6.45) is 0. The van der Waals surface area contributed by atoms with Crippen LogP contribution in [0.25, 0.3) is 0 Å². The highest BCUT2D eigenvalue weighted by atomic mass is 32.2. The topological polar surface area (TPSA) is 127 Å². The zero-order chi connectivity index (χ0) is 14.1. The molecule has 0 spiro atoms. The highest BCUT2D eigenvalue weighted by Crippen LogP contribution is 2.33. The van der Waals surface area contributed by atoms with Crippen molar-refractivity contribution in [2.24, 2.45) is 0 Å². The zero-order valence-electron chi connectivity index (χ0n) is 9.58. The van der Waals surface area contributed by atoms with E-state index in [0.717, 1.165) is 17.1 Å². The van der Waals surface area contributed by atoms with Gasteiger partial charge in [0.15, 0.2) is 11.5 Å². The monoisotopic (exact) mass is 276 g/mol. The Labute approximate surface area is 103 Å². The molecule has 0 fully saturated rings. The summed E-state index contributed by atoms with van der Waals surface area (Å²) in [5.41, 5.74) is 2.27. The van der Waals surface area contributed by atoms with Crippen molar-refractivity contribution in [3.63, 3.8) is 0 Å². The molecule has 4 N–H and O–H groups in total. The van der Waals surface area contributed by atoms with Crippen LogP contribution in [0.3, 0.4) is 0 Å². The van der Waals surface area contributed by atoms with E-state index >= 15 is 0 Å². The van der Waals surface area contributed by atoms with Gasteiger partial charge in [0.2, 0.25) is 0 Å². The second-order valence-corrected chi connectivity index (χ2v) is 4.79. The lowest BCUT2D eigenvalue weighted by Crippen LogP contribution is -2.36. The van der Waals surface area contributed by atoms with Crippen molar-refractivity contribution in [3.05, 3.63) is 17.7 Å². The SMILES string of the molecule is CNN(C)C(=O)c1cc(O)c(O)c(S(=O)(=O)O)c1. The van der Waals surface area contributed by atoms with E-state index < -0.39 is 32.4 Å². The maximum absolute atomic E-state index is 11.7. The molecule has 0 aliphatic heterocycles. The van der Waals surface area contributed by atoms with Crippen molar-refractivity contribution < 1.29 is 28.0 Å². The third-order valence-corrected chi connectivity index (χ3v) is 3.09. The quantitative estimate of drug-likeness (QED) is 0.334. The number of benzene rings is 1. The molecular weight excluding hydrogens is 264 g/mol. The lowest BCUT2D eigenvalue weighted by Gasteiger charge is -2.16. The molecule has 8 nitrogen and oxygen atoms in total. The summed E-state index contributed by atoms with van der Waals surface area (Å²) in [5.74, 6) is -2.49. The number of nitrogens with one attached hydrogen (secondary N) is 1. The van der Waals surface area contributed by atoms with Crippen LogP contribution in [0.15, 0.2) is 17.0 Å². The Hall–Kier alpha value is -1.84. The minimum Gasteiger partial charge on any atom is -0.504 e. The van der Waals surface area contributed by atoms with Gasteiger partial charge in [0.25, 0.3) is 16.0 Å². The molecular formula is C9H12N2O6S. The summed E-state index contributed by atoms with van der Waals surface area (Å²) in [6.45, 7) is 0. The van der Waals surface area contributed by atoms with Crippen LogP contribution >= 0.6 is 0 Å². The first-order chi connectivity index (χ1) is 8.18. The fraction of sp³-hybridized carbons (Fsp3) is 0.222. The second kappa shape index (κ2) is 4.80. The summed E-state index contributed by atoms with van der Waals surface area (Å²) < 4.78 is 30.8. The summed E-state index contributed by atoms with van der Waals surface area (Å²) in [7, 11) is -1.91. The second-order valence-electron chi connectivity index (χ2n) is 3.40. The molecule has 0 aliphatic carbocycles. The first-order valence-electron chi connectivity index (χ1n) is 4.67. The molecule has 1 aromatic rings. The van der Waals surface area contributed by atoms with Crippen LogP contribution in [-0.4, -0.2) is 48.2 Å². The van der Waals surface area contributed by atoms with Crippen molar-refractivity contribution in [2.75, 3.05) is 14.1 Å². The van der Waals surface area contributed by atoms with Crippen molar-refractivity contribution in [1.29, 1.82) is 0 Å². The largest absolute Gasteiger partial charge is 0.504 e. The highest BCUT2D eigenvalue weighted by molar-refractivity contribution is 7.86. The van der Waals surface area contributed by atoms with Gasteiger partial charge in [-0.1, -0.05) is 0 Å². The van der Waals surface area contributed by atoms with Crippen molar-refractivity contribution in [2.45, 2.75) is 4.90 Å². The molecule has 1 amide bonds. The van der Waals surface area contributed by atoms with E-state index in [4.69, 9.17) is 4.55 Å². The highest BCUT2D eigenvalue weighted by Gasteiger charge is 2.23. The van der Waals surface area contributed by atoms with Crippen LogP contribution in [0, 0.1) is 0 Å². The Kier molecular flexibility index (Phi) is 3.79. The number of hydrogen-bond acceptors (Lipinski definition) is 6. The first-order valence-corrected chi connectivity index (χ1v) is 6.11. The van der Waals surface area contributed by atoms with Crippen LogP contribution in [0.5, 0.6) is 11.5 Å². The van der Waals surface area contributed by atoms with Gasteiger partial charge in [0.05, 0.1) is 0 Å². The molecule has 0 heterocycles. The van der Waals surface area contributed by atoms with Crippen molar-refractivity contribution >= 4 is 16.0 Å². The normalized spacial score (nSPS) is 11.3. The van der Waals surface area contributed by atoms with Crippen LogP contribution in [0.4, 0.5) is 0 Å². The van der Waals surface area contributed by atoms with Gasteiger partial charge in [-0.3, -0.25) is 14.4 Å². The van der Waals surface area contributed by atoms with Gasteiger partial charge in [-0.2, -0.15) is 8.42 Å². The Balaban J connectivity index is 3.43. The van der Waals surface area contributed by atoms with E-state index in [-0.39, 0.29) is 5.56 Å². The zero-order valence-corrected chi connectivity index (χ0v) is 10.4. The Morgan fingerprint density at radius 1 is 1.33 bits per heavy atom. The number of carbonyl (C=O) groups is 1. The van der Waals surface area contributed by atoms with Gasteiger partial charge in [0, 0.05) is 19.7 Å². The Morgan fingerprint density at radius 3 is 2.33 bits per heavy atom. The maximum Gasteiger partial charge on any atom is 0.298 e. The number of phenolic OH excluding ortho intramolecular Hbond substituents is 2. The number of carbonyl (C=O) groups excluding carboxylic acids is 1. The third kappa shape index (κ3) is 2.70. The molecule has 0 bridgehead atoms. The molecule has 0 saturated heterocycles. The number of phenols is 2. The molecule has 1 rings (SSSR count). The first kappa shape index (κ1) is 14.2. The van der Waals surface area contributed by atoms with Gasteiger partial charge in [-0.25, -0.2) is 5.43 Å². The van der Waals surface area contributed by atoms with Crippen molar-refractivity contribution in [1.82, 2.24) is 10.4 Å². The predicted octanol–water partition coefficient (Wildman–Crippen LogP) is -0.449. The van der Waals surface area contributed by atoms with E-state index in [1.807, 2.05) is 0 Å². The molecule has 0 radical (unpaired) electrons. The number of rotatable bonds is 3. The van der Waals surface area contributed by atoms with Crippen LogP contribution < -0.4 is 5.43 Å². The summed E-state index contributed by atoms with van der Waals surface area (Å²) in [5, 5.41) is 19.7. The van der Waals surface area contributed by atoms with Gasteiger partial charge < -0.3 is 10.2 Å². The number of nitrogens with zero attached hydrogens (tertiary/aromatic N) is 1. The minimum absolute atomic E-state index is 0.213. The summed E-state index contributed by atoms with van der Waals surface area (Å²) >= 11 is 0. The van der Waals surface area contributed by atoms with Gasteiger partial charge >= 0.3 is 0 Å². The maximum atomic E-state index is 11.7. The molecule has 0 atom stereocenters. The van der Waals surface area contributed by atoms with Gasteiger partial charge in [-0.15, -0.1) is 0 Å². The molecule has 1 aromatic carbocycles. The van der Waals surface area contributed by atoms with E-state index in [1.54, 1.807) is 0 Å². The molecule has 0 aromatic heterocycles. The lowest BCUT2D eigenvalue weighted by atomic mass is 10.2. The minimum atomic E-state index is -4.75. The van der Waals surface area contributed by atoms with Crippen molar-refractivity contribution in [3.8, 4) is 11.5 Å². The van der Waals surface area contributed by atoms with Gasteiger partial charge in [0.1, 0.15) is 4.90 Å². The molecule has 0 unspecified atom stereocenters. The molecule has 9 heteroatoms. The number of hydrazine groups is 1. The third-order valence-electron chi connectivity index (χ3n) is 2.22. The number of aromatic hydroxyl groups is 2. The van der Waals surface area contributed by atoms with Crippen LogP contribution in [-0.2, 0) is 10.1 Å². The summed E-state index contributed by atoms with van der Waals surface area (Å²) in [6, 6.07) is 1.65. The van der Waals surface area contributed by atoms with E-state index in [2.05, 4.69) is 5.43 Å². The van der Waals surface area contributed by atoms with Crippen LogP contribution in [0.1, 0.15) is 10.4 Å². The number of amides is 1. The lowest BCUT2D eigenvalue weighted by molar-refractivity contribution is 0.0734. The fourth-order valence-electron chi connectivity index (χ4n) is 1.21. The number of hydrogen-bond donors (Lipinski definition) is 4. The van der Waals surface area contributed by atoms with Gasteiger partial charge in [-0.05, 0) is 12.1 Å². The Bertz CT molecular complexity index is 583. The molecule has 0 saturated carbocycles. The molecule has 18 heavy (non-hydrogen) atoms. The molecule has 100 valence electrons. The van der Waals surface area contributed by atoms with E-state index in [0.29, 0.717) is 0 Å². The molecule has 0 aliphatic rings. The smallest absolute Gasteiger partial charge is 0.298 e. The standard InChI is InChI=1S/C9H12N2O6S/c1-10-11(2)9(14)5-3-6(12)8(13)7(4-5)18(15,16)17/h3-4,10,12-13H,1-2H3,(H,15,16,17). The van der Waals surface area contributed by atoms with Crippen LogP contribution in [0.2, 0.25) is 0 Å². The van der Waals surface area contributed by atoms with E-state index in [9.17, 15) is 23.4 Å².